The number of thioether (sulfide) groups is 1. The summed E-state index contributed by atoms with van der Waals surface area (Å²) in [4.78, 5) is 27.1. The number of halogens is 1. The van der Waals surface area contributed by atoms with Crippen molar-refractivity contribution in [1.82, 2.24) is 4.90 Å². The highest BCUT2D eigenvalue weighted by Crippen LogP contribution is 2.25. The standard InChI is InChI=1S/C20H21ClN2O2S/c21-16-8-10-17(11-9-16)26-13-14-4-6-15(7-5-14)20(25)23-12-2-1-3-18(23)19(22)24/h4-11,18H,1-3,12-13H2,(H2,22,24). The number of benzene rings is 2. The zero-order chi connectivity index (χ0) is 18.5. The Balaban J connectivity index is 1.63. The Kier molecular flexibility index (Phi) is 6.22. The van der Waals surface area contributed by atoms with Crippen LogP contribution in [0.1, 0.15) is 35.2 Å². The molecule has 0 spiro atoms. The Morgan fingerprint density at radius 1 is 1.08 bits per heavy atom. The molecule has 3 rings (SSSR count). The molecule has 1 saturated heterocycles. The first-order chi connectivity index (χ1) is 12.5. The van der Waals surface area contributed by atoms with Crippen molar-refractivity contribution < 1.29 is 9.59 Å². The fourth-order valence-corrected chi connectivity index (χ4v) is 4.06. The van der Waals surface area contributed by atoms with Gasteiger partial charge in [0, 0.05) is 27.8 Å². The van der Waals surface area contributed by atoms with Crippen LogP contribution >= 0.6 is 23.4 Å². The summed E-state index contributed by atoms with van der Waals surface area (Å²) in [7, 11) is 0. The van der Waals surface area contributed by atoms with Gasteiger partial charge in [0.2, 0.25) is 5.91 Å². The minimum atomic E-state index is -0.489. The third kappa shape index (κ3) is 4.59. The monoisotopic (exact) mass is 388 g/mol. The third-order valence-corrected chi connectivity index (χ3v) is 5.85. The van der Waals surface area contributed by atoms with Gasteiger partial charge in [0.25, 0.3) is 5.91 Å². The summed E-state index contributed by atoms with van der Waals surface area (Å²) in [5.41, 5.74) is 7.18. The Hall–Kier alpha value is -1.98. The third-order valence-electron chi connectivity index (χ3n) is 4.51. The molecule has 4 nitrogen and oxygen atoms in total. The summed E-state index contributed by atoms with van der Waals surface area (Å²) >= 11 is 7.61. The van der Waals surface area contributed by atoms with Gasteiger partial charge in [-0.1, -0.05) is 23.7 Å². The van der Waals surface area contributed by atoms with E-state index in [1.165, 1.54) is 0 Å². The minimum absolute atomic E-state index is 0.120. The van der Waals surface area contributed by atoms with Gasteiger partial charge in [-0.25, -0.2) is 0 Å². The summed E-state index contributed by atoms with van der Waals surface area (Å²) < 4.78 is 0. The van der Waals surface area contributed by atoms with Crippen LogP contribution in [-0.2, 0) is 10.5 Å². The number of carbonyl (C=O) groups is 2. The van der Waals surface area contributed by atoms with Crippen LogP contribution in [0, 0.1) is 0 Å². The molecule has 26 heavy (non-hydrogen) atoms. The normalized spacial score (nSPS) is 17.1. The topological polar surface area (TPSA) is 63.4 Å². The molecule has 1 unspecified atom stereocenters. The maximum absolute atomic E-state index is 12.7. The summed E-state index contributed by atoms with van der Waals surface area (Å²) in [6, 6.07) is 14.8. The maximum Gasteiger partial charge on any atom is 0.254 e. The Bertz CT molecular complexity index is 777. The molecular weight excluding hydrogens is 368 g/mol. The van der Waals surface area contributed by atoms with Crippen LogP contribution in [0.4, 0.5) is 0 Å². The maximum atomic E-state index is 12.7. The first-order valence-electron chi connectivity index (χ1n) is 8.62. The van der Waals surface area contributed by atoms with Crippen molar-refractivity contribution in [3.05, 3.63) is 64.7 Å². The minimum Gasteiger partial charge on any atom is -0.368 e. The summed E-state index contributed by atoms with van der Waals surface area (Å²) in [6.07, 6.45) is 2.49. The smallest absolute Gasteiger partial charge is 0.254 e. The quantitative estimate of drug-likeness (QED) is 0.784. The summed E-state index contributed by atoms with van der Waals surface area (Å²) in [5, 5.41) is 0.726. The zero-order valence-electron chi connectivity index (χ0n) is 14.4. The van der Waals surface area contributed by atoms with E-state index in [0.717, 1.165) is 34.1 Å². The van der Waals surface area contributed by atoms with E-state index in [-0.39, 0.29) is 5.91 Å². The van der Waals surface area contributed by atoms with Crippen molar-refractivity contribution in [2.45, 2.75) is 36.0 Å². The van der Waals surface area contributed by atoms with E-state index >= 15 is 0 Å². The molecule has 1 aliphatic rings. The molecular formula is C20H21ClN2O2S. The second kappa shape index (κ2) is 8.60. The molecule has 0 aliphatic carbocycles. The molecule has 2 aromatic carbocycles. The van der Waals surface area contributed by atoms with E-state index in [1.807, 2.05) is 48.5 Å². The lowest BCUT2D eigenvalue weighted by atomic mass is 10.00. The molecule has 136 valence electrons. The van der Waals surface area contributed by atoms with Crippen molar-refractivity contribution in [3.8, 4) is 0 Å². The number of piperidine rings is 1. The molecule has 6 heteroatoms. The van der Waals surface area contributed by atoms with E-state index in [4.69, 9.17) is 17.3 Å². The highest BCUT2D eigenvalue weighted by Gasteiger charge is 2.31. The van der Waals surface area contributed by atoms with E-state index in [2.05, 4.69) is 0 Å². The lowest BCUT2D eigenvalue weighted by Crippen LogP contribution is -2.50. The molecule has 1 heterocycles. The van der Waals surface area contributed by atoms with E-state index in [1.54, 1.807) is 16.7 Å². The molecule has 0 saturated carbocycles. The first kappa shape index (κ1) is 18.8. The number of primary amides is 1. The van der Waals surface area contributed by atoms with Gasteiger partial charge in [-0.05, 0) is 61.2 Å². The second-order valence-electron chi connectivity index (χ2n) is 6.35. The molecule has 2 aromatic rings. The van der Waals surface area contributed by atoms with E-state index in [9.17, 15) is 9.59 Å². The average molecular weight is 389 g/mol. The summed E-state index contributed by atoms with van der Waals surface area (Å²) in [6.45, 7) is 0.584. The zero-order valence-corrected chi connectivity index (χ0v) is 15.9. The lowest BCUT2D eigenvalue weighted by Gasteiger charge is -2.33. The lowest BCUT2D eigenvalue weighted by molar-refractivity contribution is -0.123. The summed E-state index contributed by atoms with van der Waals surface area (Å²) in [5.74, 6) is 0.267. The van der Waals surface area contributed by atoms with Crippen LogP contribution in [0.15, 0.2) is 53.4 Å². The van der Waals surface area contributed by atoms with Gasteiger partial charge >= 0.3 is 0 Å². The molecule has 1 atom stereocenters. The van der Waals surface area contributed by atoms with Gasteiger partial charge in [-0.2, -0.15) is 0 Å². The van der Waals surface area contributed by atoms with Gasteiger partial charge in [-0.3, -0.25) is 9.59 Å². The van der Waals surface area contributed by atoms with Crippen LogP contribution < -0.4 is 5.73 Å². The highest BCUT2D eigenvalue weighted by molar-refractivity contribution is 7.98. The fraction of sp³-hybridized carbons (Fsp3) is 0.300. The van der Waals surface area contributed by atoms with Gasteiger partial charge in [0.15, 0.2) is 0 Å². The number of nitrogens with two attached hydrogens (primary N) is 1. The van der Waals surface area contributed by atoms with Gasteiger partial charge in [0.1, 0.15) is 6.04 Å². The number of likely N-dealkylation sites (tertiary alicyclic amines) is 1. The van der Waals surface area contributed by atoms with Crippen molar-refractivity contribution >= 4 is 35.2 Å². The van der Waals surface area contributed by atoms with Crippen LogP contribution in [0.2, 0.25) is 5.02 Å². The largest absolute Gasteiger partial charge is 0.368 e. The number of nitrogens with zero attached hydrogens (tertiary/aromatic N) is 1. The predicted molar refractivity (Wildman–Crippen MR) is 105 cm³/mol. The molecule has 2 N–H and O–H groups in total. The van der Waals surface area contributed by atoms with Gasteiger partial charge in [0.05, 0.1) is 0 Å². The van der Waals surface area contributed by atoms with E-state index in [0.29, 0.717) is 18.5 Å². The van der Waals surface area contributed by atoms with Gasteiger partial charge in [-0.15, -0.1) is 11.8 Å². The highest BCUT2D eigenvalue weighted by atomic mass is 35.5. The molecule has 1 aliphatic heterocycles. The van der Waals surface area contributed by atoms with E-state index < -0.39 is 11.9 Å². The molecule has 2 amide bonds. The average Bonchev–Trinajstić information content (AvgIpc) is 2.67. The molecule has 0 radical (unpaired) electrons. The fourth-order valence-electron chi connectivity index (χ4n) is 3.08. The Morgan fingerprint density at radius 3 is 2.42 bits per heavy atom. The number of hydrogen-bond donors (Lipinski definition) is 1. The van der Waals surface area contributed by atoms with Crippen LogP contribution in [-0.4, -0.2) is 29.3 Å². The molecule has 1 fully saturated rings. The Labute approximate surface area is 162 Å². The molecule has 0 bridgehead atoms. The second-order valence-corrected chi connectivity index (χ2v) is 7.84. The van der Waals surface area contributed by atoms with Gasteiger partial charge < -0.3 is 10.6 Å². The number of carbonyl (C=O) groups excluding carboxylic acids is 2. The SMILES string of the molecule is NC(=O)C1CCCCN1C(=O)c1ccc(CSc2ccc(Cl)cc2)cc1. The number of rotatable bonds is 5. The van der Waals surface area contributed by atoms with Crippen LogP contribution in [0.3, 0.4) is 0 Å². The van der Waals surface area contributed by atoms with Crippen molar-refractivity contribution in [2.24, 2.45) is 5.73 Å². The predicted octanol–water partition coefficient (Wildman–Crippen LogP) is 4.11. The first-order valence-corrected chi connectivity index (χ1v) is 9.98. The van der Waals surface area contributed by atoms with Crippen molar-refractivity contribution in [2.75, 3.05) is 6.54 Å². The Morgan fingerprint density at radius 2 is 1.77 bits per heavy atom. The number of hydrogen-bond acceptors (Lipinski definition) is 3. The molecule has 0 aromatic heterocycles. The van der Waals surface area contributed by atoms with Crippen molar-refractivity contribution in [1.29, 1.82) is 0 Å². The van der Waals surface area contributed by atoms with Crippen LogP contribution in [0.5, 0.6) is 0 Å². The van der Waals surface area contributed by atoms with Crippen LogP contribution in [0.25, 0.3) is 0 Å². The van der Waals surface area contributed by atoms with Crippen molar-refractivity contribution in [3.63, 3.8) is 0 Å². The number of amides is 2.